The smallest absolute Gasteiger partial charge is 0.240 e. The topological polar surface area (TPSA) is 88.2 Å². The lowest BCUT2D eigenvalue weighted by molar-refractivity contribution is -0.116. The Morgan fingerprint density at radius 1 is 1.09 bits per heavy atom. The molecule has 1 aromatic carbocycles. The molecule has 0 saturated carbocycles. The summed E-state index contributed by atoms with van der Waals surface area (Å²) < 4.78 is 26.6. The number of benzene rings is 1. The fraction of sp³-hybridized carbons (Fsp3) is 0.250. The van der Waals surface area contributed by atoms with Crippen LogP contribution in [0.5, 0.6) is 0 Å². The summed E-state index contributed by atoms with van der Waals surface area (Å²) >= 11 is 0. The van der Waals surface area contributed by atoms with Crippen molar-refractivity contribution in [3.8, 4) is 0 Å². The van der Waals surface area contributed by atoms with Crippen molar-refractivity contribution in [2.75, 3.05) is 11.9 Å². The van der Waals surface area contributed by atoms with Gasteiger partial charge >= 0.3 is 0 Å². The van der Waals surface area contributed by atoms with Crippen LogP contribution in [0, 0.1) is 13.8 Å². The number of hydrogen-bond acceptors (Lipinski definition) is 4. The van der Waals surface area contributed by atoms with Gasteiger partial charge in [-0.2, -0.15) is 0 Å². The first-order chi connectivity index (χ1) is 10.9. The minimum Gasteiger partial charge on any atom is -0.311 e. The largest absolute Gasteiger partial charge is 0.311 e. The second-order valence-electron chi connectivity index (χ2n) is 5.23. The molecule has 2 N–H and O–H groups in total. The molecule has 0 aliphatic rings. The van der Waals surface area contributed by atoms with Crippen LogP contribution < -0.4 is 10.0 Å². The van der Waals surface area contributed by atoms with Gasteiger partial charge in [0.15, 0.2) is 0 Å². The van der Waals surface area contributed by atoms with Crippen molar-refractivity contribution >= 4 is 21.7 Å². The predicted molar refractivity (Wildman–Crippen MR) is 88.6 cm³/mol. The van der Waals surface area contributed by atoms with Crippen LogP contribution in [0.15, 0.2) is 47.5 Å². The normalized spacial score (nSPS) is 11.2. The maximum absolute atomic E-state index is 12.1. The van der Waals surface area contributed by atoms with Crippen molar-refractivity contribution in [1.82, 2.24) is 9.71 Å². The Labute approximate surface area is 136 Å². The molecule has 0 bridgehead atoms. The SMILES string of the molecule is Cc1ccc(S(=O)(=O)NCCC(=O)Nc2cc(C)ccn2)cc1. The van der Waals surface area contributed by atoms with Crippen molar-refractivity contribution < 1.29 is 13.2 Å². The summed E-state index contributed by atoms with van der Waals surface area (Å²) in [5.74, 6) is 0.158. The number of rotatable bonds is 6. The van der Waals surface area contributed by atoms with Crippen LogP contribution in [0.3, 0.4) is 0 Å². The molecular weight excluding hydrogens is 314 g/mol. The first kappa shape index (κ1) is 17.1. The molecule has 2 rings (SSSR count). The van der Waals surface area contributed by atoms with Gasteiger partial charge in [0, 0.05) is 19.2 Å². The Balaban J connectivity index is 1.86. The number of nitrogens with one attached hydrogen (secondary N) is 2. The van der Waals surface area contributed by atoms with Crippen molar-refractivity contribution in [2.45, 2.75) is 25.2 Å². The van der Waals surface area contributed by atoms with E-state index in [2.05, 4.69) is 15.0 Å². The Kier molecular flexibility index (Phi) is 5.46. The molecule has 1 heterocycles. The van der Waals surface area contributed by atoms with Gasteiger partial charge in [-0.15, -0.1) is 0 Å². The summed E-state index contributed by atoms with van der Waals surface area (Å²) in [5, 5.41) is 2.63. The van der Waals surface area contributed by atoms with E-state index in [1.807, 2.05) is 19.9 Å². The van der Waals surface area contributed by atoms with E-state index in [1.165, 1.54) is 12.1 Å². The minimum absolute atomic E-state index is 0.0217. The van der Waals surface area contributed by atoms with Crippen LogP contribution in [-0.2, 0) is 14.8 Å². The summed E-state index contributed by atoms with van der Waals surface area (Å²) in [7, 11) is -3.60. The lowest BCUT2D eigenvalue weighted by atomic mass is 10.2. The standard InChI is InChI=1S/C16H19N3O3S/c1-12-3-5-14(6-4-12)23(21,22)18-10-8-16(20)19-15-11-13(2)7-9-17-15/h3-7,9,11,18H,8,10H2,1-2H3,(H,17,19,20). The van der Waals surface area contributed by atoms with E-state index in [0.29, 0.717) is 5.82 Å². The van der Waals surface area contributed by atoms with Crippen LogP contribution in [0.2, 0.25) is 0 Å². The second kappa shape index (κ2) is 7.34. The molecule has 0 aliphatic carbocycles. The molecule has 0 atom stereocenters. The van der Waals surface area contributed by atoms with Gasteiger partial charge < -0.3 is 5.32 Å². The van der Waals surface area contributed by atoms with Gasteiger partial charge in [0.25, 0.3) is 0 Å². The summed E-state index contributed by atoms with van der Waals surface area (Å²) in [6, 6.07) is 10.1. The third-order valence-electron chi connectivity index (χ3n) is 3.16. The zero-order chi connectivity index (χ0) is 16.9. The highest BCUT2D eigenvalue weighted by Gasteiger charge is 2.13. The monoisotopic (exact) mass is 333 g/mol. The summed E-state index contributed by atoms with van der Waals surface area (Å²) in [6.07, 6.45) is 1.63. The maximum atomic E-state index is 12.1. The second-order valence-corrected chi connectivity index (χ2v) is 6.99. The van der Waals surface area contributed by atoms with Gasteiger partial charge in [-0.25, -0.2) is 18.1 Å². The van der Waals surface area contributed by atoms with Gasteiger partial charge in [-0.1, -0.05) is 17.7 Å². The molecule has 122 valence electrons. The molecular formula is C16H19N3O3S. The quantitative estimate of drug-likeness (QED) is 0.846. The molecule has 0 unspecified atom stereocenters. The van der Waals surface area contributed by atoms with E-state index in [-0.39, 0.29) is 23.8 Å². The van der Waals surface area contributed by atoms with Crippen molar-refractivity contribution in [1.29, 1.82) is 0 Å². The Hall–Kier alpha value is -2.25. The van der Waals surface area contributed by atoms with Crippen LogP contribution in [0.25, 0.3) is 0 Å². The third kappa shape index (κ3) is 5.15. The van der Waals surface area contributed by atoms with Gasteiger partial charge in [-0.05, 0) is 43.7 Å². The fourth-order valence-corrected chi connectivity index (χ4v) is 2.94. The molecule has 0 spiro atoms. The molecule has 2 aromatic rings. The van der Waals surface area contributed by atoms with E-state index < -0.39 is 10.0 Å². The first-order valence-electron chi connectivity index (χ1n) is 7.16. The number of aromatic nitrogens is 1. The molecule has 1 aromatic heterocycles. The van der Waals surface area contributed by atoms with E-state index >= 15 is 0 Å². The number of nitrogens with zero attached hydrogens (tertiary/aromatic N) is 1. The van der Waals surface area contributed by atoms with Crippen molar-refractivity contribution in [3.63, 3.8) is 0 Å². The van der Waals surface area contributed by atoms with Gasteiger partial charge in [0.05, 0.1) is 4.90 Å². The third-order valence-corrected chi connectivity index (χ3v) is 4.64. The van der Waals surface area contributed by atoms with Gasteiger partial charge in [0.1, 0.15) is 5.82 Å². The highest BCUT2D eigenvalue weighted by atomic mass is 32.2. The van der Waals surface area contributed by atoms with Gasteiger partial charge in [0.2, 0.25) is 15.9 Å². The number of aryl methyl sites for hydroxylation is 2. The minimum atomic E-state index is -3.60. The fourth-order valence-electron chi connectivity index (χ4n) is 1.91. The number of carbonyl (C=O) groups excluding carboxylic acids is 1. The summed E-state index contributed by atoms with van der Waals surface area (Å²) in [4.78, 5) is 16.0. The van der Waals surface area contributed by atoms with E-state index in [4.69, 9.17) is 0 Å². The molecule has 0 saturated heterocycles. The summed E-state index contributed by atoms with van der Waals surface area (Å²) in [5.41, 5.74) is 1.96. The lowest BCUT2D eigenvalue weighted by Crippen LogP contribution is -2.28. The van der Waals surface area contributed by atoms with Crippen molar-refractivity contribution in [2.24, 2.45) is 0 Å². The Morgan fingerprint density at radius 2 is 1.78 bits per heavy atom. The van der Waals surface area contributed by atoms with Crippen LogP contribution in [0.1, 0.15) is 17.5 Å². The number of carbonyl (C=O) groups is 1. The van der Waals surface area contributed by atoms with Crippen LogP contribution in [0.4, 0.5) is 5.82 Å². The average Bonchev–Trinajstić information content (AvgIpc) is 2.47. The zero-order valence-corrected chi connectivity index (χ0v) is 13.9. The summed E-state index contributed by atoms with van der Waals surface area (Å²) in [6.45, 7) is 3.80. The highest BCUT2D eigenvalue weighted by Crippen LogP contribution is 2.10. The van der Waals surface area contributed by atoms with E-state index in [1.54, 1.807) is 24.4 Å². The molecule has 0 fully saturated rings. The number of hydrogen-bond donors (Lipinski definition) is 2. The van der Waals surface area contributed by atoms with Crippen LogP contribution in [-0.4, -0.2) is 25.9 Å². The highest BCUT2D eigenvalue weighted by molar-refractivity contribution is 7.89. The molecule has 23 heavy (non-hydrogen) atoms. The van der Waals surface area contributed by atoms with Gasteiger partial charge in [-0.3, -0.25) is 4.79 Å². The molecule has 6 nitrogen and oxygen atoms in total. The van der Waals surface area contributed by atoms with E-state index in [9.17, 15) is 13.2 Å². The number of anilines is 1. The maximum Gasteiger partial charge on any atom is 0.240 e. The number of pyridine rings is 1. The predicted octanol–water partition coefficient (Wildman–Crippen LogP) is 2.01. The Morgan fingerprint density at radius 3 is 2.43 bits per heavy atom. The molecule has 0 radical (unpaired) electrons. The molecule has 1 amide bonds. The number of sulfonamides is 1. The van der Waals surface area contributed by atoms with Crippen LogP contribution >= 0.6 is 0 Å². The lowest BCUT2D eigenvalue weighted by Gasteiger charge is -2.08. The average molecular weight is 333 g/mol. The number of amides is 1. The Bertz CT molecular complexity index is 786. The van der Waals surface area contributed by atoms with E-state index in [0.717, 1.165) is 11.1 Å². The zero-order valence-electron chi connectivity index (χ0n) is 13.0. The molecule has 0 aliphatic heterocycles. The van der Waals surface area contributed by atoms with Crippen molar-refractivity contribution in [3.05, 3.63) is 53.7 Å². The molecule has 7 heteroatoms. The first-order valence-corrected chi connectivity index (χ1v) is 8.64.